The SMILES string of the molecule is Cc1cccc(Oc2ccc(NC(=O)C3(c4ccc5c(c4)OCO5)CC3)nc2)c1C. The Morgan fingerprint density at radius 2 is 1.90 bits per heavy atom. The van der Waals surface area contributed by atoms with E-state index in [9.17, 15) is 4.79 Å². The minimum Gasteiger partial charge on any atom is -0.455 e. The van der Waals surface area contributed by atoms with Crippen molar-refractivity contribution in [1.29, 1.82) is 0 Å². The van der Waals surface area contributed by atoms with Crippen LogP contribution in [0.5, 0.6) is 23.0 Å². The van der Waals surface area contributed by atoms with Gasteiger partial charge >= 0.3 is 0 Å². The number of amides is 1. The fraction of sp³-hybridized carbons (Fsp3) is 0.250. The number of anilines is 1. The molecule has 6 nitrogen and oxygen atoms in total. The number of aryl methyl sites for hydroxylation is 1. The second-order valence-electron chi connectivity index (χ2n) is 7.78. The summed E-state index contributed by atoms with van der Waals surface area (Å²) in [5, 5.41) is 2.94. The van der Waals surface area contributed by atoms with E-state index in [1.165, 1.54) is 5.56 Å². The molecule has 1 N–H and O–H groups in total. The number of ether oxygens (including phenoxy) is 3. The normalized spacial score (nSPS) is 15.5. The van der Waals surface area contributed by atoms with Crippen LogP contribution in [0, 0.1) is 13.8 Å². The molecule has 1 amide bonds. The molecular formula is C24H22N2O4. The minimum atomic E-state index is -0.531. The Labute approximate surface area is 174 Å². The van der Waals surface area contributed by atoms with E-state index in [4.69, 9.17) is 14.2 Å². The topological polar surface area (TPSA) is 69.7 Å². The van der Waals surface area contributed by atoms with Crippen molar-refractivity contribution in [3.8, 4) is 23.0 Å². The van der Waals surface area contributed by atoms with Gasteiger partial charge in [-0.2, -0.15) is 0 Å². The summed E-state index contributed by atoms with van der Waals surface area (Å²) < 4.78 is 16.8. The van der Waals surface area contributed by atoms with Gasteiger partial charge in [-0.1, -0.05) is 18.2 Å². The van der Waals surface area contributed by atoms with Gasteiger partial charge in [0.25, 0.3) is 0 Å². The van der Waals surface area contributed by atoms with Gasteiger partial charge in [-0.3, -0.25) is 4.79 Å². The number of rotatable bonds is 5. The number of nitrogens with one attached hydrogen (secondary N) is 1. The monoisotopic (exact) mass is 402 g/mol. The predicted molar refractivity (Wildman–Crippen MR) is 112 cm³/mol. The highest BCUT2D eigenvalue weighted by Gasteiger charge is 2.51. The summed E-state index contributed by atoms with van der Waals surface area (Å²) in [7, 11) is 0. The molecule has 0 unspecified atom stereocenters. The van der Waals surface area contributed by atoms with Crippen LogP contribution in [0.4, 0.5) is 5.82 Å². The molecule has 2 heterocycles. The lowest BCUT2D eigenvalue weighted by Gasteiger charge is -2.16. The lowest BCUT2D eigenvalue weighted by molar-refractivity contribution is -0.118. The third-order valence-electron chi connectivity index (χ3n) is 5.87. The minimum absolute atomic E-state index is 0.0583. The van der Waals surface area contributed by atoms with E-state index in [0.29, 0.717) is 17.3 Å². The Balaban J connectivity index is 1.29. The van der Waals surface area contributed by atoms with Crippen LogP contribution < -0.4 is 19.5 Å². The van der Waals surface area contributed by atoms with Crippen LogP contribution in [0.1, 0.15) is 29.5 Å². The van der Waals surface area contributed by atoms with Crippen molar-refractivity contribution >= 4 is 11.7 Å². The molecule has 1 aliphatic carbocycles. The molecule has 3 aromatic rings. The van der Waals surface area contributed by atoms with Crippen LogP contribution in [0.3, 0.4) is 0 Å². The first-order chi connectivity index (χ1) is 14.5. The van der Waals surface area contributed by atoms with Gasteiger partial charge in [0.1, 0.15) is 17.3 Å². The molecule has 0 saturated heterocycles. The van der Waals surface area contributed by atoms with Crippen molar-refractivity contribution in [2.24, 2.45) is 0 Å². The fourth-order valence-corrected chi connectivity index (χ4v) is 3.68. The zero-order valence-electron chi connectivity index (χ0n) is 16.9. The Bertz CT molecular complexity index is 1120. The average molecular weight is 402 g/mol. The van der Waals surface area contributed by atoms with Gasteiger partial charge in [-0.05, 0) is 73.7 Å². The summed E-state index contributed by atoms with van der Waals surface area (Å²) in [5.74, 6) is 3.28. The zero-order chi connectivity index (χ0) is 20.7. The molecule has 1 aromatic heterocycles. The highest BCUT2D eigenvalue weighted by Crippen LogP contribution is 2.51. The third-order valence-corrected chi connectivity index (χ3v) is 5.87. The maximum absolute atomic E-state index is 13.0. The van der Waals surface area contributed by atoms with Gasteiger partial charge in [0.15, 0.2) is 11.5 Å². The maximum Gasteiger partial charge on any atom is 0.236 e. The maximum atomic E-state index is 13.0. The zero-order valence-corrected chi connectivity index (χ0v) is 16.9. The van der Waals surface area contributed by atoms with Gasteiger partial charge in [0.2, 0.25) is 12.7 Å². The van der Waals surface area contributed by atoms with Gasteiger partial charge in [-0.25, -0.2) is 4.98 Å². The molecule has 1 aliphatic heterocycles. The van der Waals surface area contributed by atoms with Gasteiger partial charge < -0.3 is 19.5 Å². The molecule has 0 spiro atoms. The Morgan fingerprint density at radius 1 is 1.07 bits per heavy atom. The first kappa shape index (κ1) is 18.5. The van der Waals surface area contributed by atoms with Crippen molar-refractivity contribution in [2.75, 3.05) is 12.1 Å². The number of carbonyl (C=O) groups is 1. The Morgan fingerprint density at radius 3 is 2.67 bits per heavy atom. The standard InChI is InChI=1S/C24H22N2O4/c1-15-4-3-5-19(16(15)2)30-18-7-9-22(25-13-18)26-23(27)24(10-11-24)17-6-8-20-21(12-17)29-14-28-20/h3-9,12-13H,10-11,14H2,1-2H3,(H,25,26,27). The fourth-order valence-electron chi connectivity index (χ4n) is 3.68. The number of fused-ring (bicyclic) bond motifs is 1. The summed E-state index contributed by atoms with van der Waals surface area (Å²) in [5.41, 5.74) is 2.67. The predicted octanol–water partition coefficient (Wildman–Crippen LogP) is 4.89. The molecule has 2 aliphatic rings. The summed E-state index contributed by atoms with van der Waals surface area (Å²) in [6, 6.07) is 15.2. The Kier molecular flexibility index (Phi) is 4.35. The van der Waals surface area contributed by atoms with E-state index in [0.717, 1.165) is 35.5 Å². The number of hydrogen-bond acceptors (Lipinski definition) is 5. The number of pyridine rings is 1. The van der Waals surface area contributed by atoms with Crippen LogP contribution in [0.2, 0.25) is 0 Å². The van der Waals surface area contributed by atoms with Crippen LogP contribution in [-0.4, -0.2) is 17.7 Å². The summed E-state index contributed by atoms with van der Waals surface area (Å²) in [6.07, 6.45) is 3.22. The van der Waals surface area contributed by atoms with Crippen molar-refractivity contribution in [3.05, 3.63) is 71.4 Å². The molecule has 1 saturated carbocycles. The van der Waals surface area contributed by atoms with Crippen LogP contribution in [0.15, 0.2) is 54.7 Å². The largest absolute Gasteiger partial charge is 0.455 e. The van der Waals surface area contributed by atoms with E-state index in [2.05, 4.69) is 10.3 Å². The molecule has 0 atom stereocenters. The summed E-state index contributed by atoms with van der Waals surface area (Å²) >= 11 is 0. The molecule has 30 heavy (non-hydrogen) atoms. The number of aromatic nitrogens is 1. The average Bonchev–Trinajstić information content (AvgIpc) is 3.44. The van der Waals surface area contributed by atoms with Crippen molar-refractivity contribution in [2.45, 2.75) is 32.1 Å². The van der Waals surface area contributed by atoms with Gasteiger partial charge in [0, 0.05) is 0 Å². The number of benzene rings is 2. The molecule has 6 heteroatoms. The molecule has 2 aromatic carbocycles. The second-order valence-corrected chi connectivity index (χ2v) is 7.78. The van der Waals surface area contributed by atoms with E-state index in [1.54, 1.807) is 12.3 Å². The number of carbonyl (C=O) groups excluding carboxylic acids is 1. The third kappa shape index (κ3) is 3.24. The Hall–Kier alpha value is -3.54. The number of hydrogen-bond donors (Lipinski definition) is 1. The number of nitrogens with zero attached hydrogens (tertiary/aromatic N) is 1. The van der Waals surface area contributed by atoms with E-state index in [-0.39, 0.29) is 12.7 Å². The molecule has 5 rings (SSSR count). The van der Waals surface area contributed by atoms with E-state index >= 15 is 0 Å². The molecule has 152 valence electrons. The van der Waals surface area contributed by atoms with Crippen LogP contribution in [-0.2, 0) is 10.2 Å². The summed E-state index contributed by atoms with van der Waals surface area (Å²) in [6.45, 7) is 4.29. The highest BCUT2D eigenvalue weighted by atomic mass is 16.7. The van der Waals surface area contributed by atoms with Crippen LogP contribution >= 0.6 is 0 Å². The first-order valence-electron chi connectivity index (χ1n) is 9.97. The summed E-state index contributed by atoms with van der Waals surface area (Å²) in [4.78, 5) is 17.4. The van der Waals surface area contributed by atoms with Crippen molar-refractivity contribution in [3.63, 3.8) is 0 Å². The lowest BCUT2D eigenvalue weighted by Crippen LogP contribution is -2.28. The lowest BCUT2D eigenvalue weighted by atomic mass is 9.94. The molecule has 0 bridgehead atoms. The molecule has 0 radical (unpaired) electrons. The highest BCUT2D eigenvalue weighted by molar-refractivity contribution is 6.01. The van der Waals surface area contributed by atoms with E-state index < -0.39 is 5.41 Å². The second kappa shape index (κ2) is 7.06. The molecular weight excluding hydrogens is 380 g/mol. The van der Waals surface area contributed by atoms with Gasteiger partial charge in [-0.15, -0.1) is 0 Å². The van der Waals surface area contributed by atoms with Crippen molar-refractivity contribution < 1.29 is 19.0 Å². The van der Waals surface area contributed by atoms with Crippen molar-refractivity contribution in [1.82, 2.24) is 4.98 Å². The molecule has 1 fully saturated rings. The van der Waals surface area contributed by atoms with Gasteiger partial charge in [0.05, 0.1) is 11.6 Å². The first-order valence-corrected chi connectivity index (χ1v) is 9.97. The smallest absolute Gasteiger partial charge is 0.236 e. The van der Waals surface area contributed by atoms with Crippen LogP contribution in [0.25, 0.3) is 0 Å². The van der Waals surface area contributed by atoms with E-state index in [1.807, 2.05) is 56.3 Å². The quantitative estimate of drug-likeness (QED) is 0.658.